The van der Waals surface area contributed by atoms with Gasteiger partial charge in [-0.1, -0.05) is 0 Å². The molecule has 0 spiro atoms. The Hall–Kier alpha value is 0.344. The molecular weight excluding hydrogens is 255 g/mol. The van der Waals surface area contributed by atoms with Crippen molar-refractivity contribution in [2.24, 2.45) is 0 Å². The first-order chi connectivity index (χ1) is 7.85. The second-order valence-electron chi connectivity index (χ2n) is 2.91. The molecule has 16 heavy (non-hydrogen) atoms. The summed E-state index contributed by atoms with van der Waals surface area (Å²) in [5.74, 6) is 0. The fraction of sp³-hybridized carbons (Fsp3) is 1.00. The van der Waals surface area contributed by atoms with E-state index in [9.17, 15) is 0 Å². The molecule has 0 fully saturated rings. The SMILES string of the molecule is CCCO[O][V]([O]OCCC)[O]OCCC. The van der Waals surface area contributed by atoms with Crippen LogP contribution in [0.15, 0.2) is 0 Å². The summed E-state index contributed by atoms with van der Waals surface area (Å²) >= 11 is -2.56. The van der Waals surface area contributed by atoms with Crippen molar-refractivity contribution in [1.29, 1.82) is 0 Å². The van der Waals surface area contributed by atoms with Crippen molar-refractivity contribution in [1.82, 2.24) is 0 Å². The Balaban J connectivity index is 3.58. The number of hydrogen-bond acceptors (Lipinski definition) is 6. The van der Waals surface area contributed by atoms with Gasteiger partial charge in [-0.15, -0.1) is 0 Å². The van der Waals surface area contributed by atoms with Gasteiger partial charge in [-0.25, -0.2) is 0 Å². The van der Waals surface area contributed by atoms with Gasteiger partial charge >= 0.3 is 102 Å². The molecule has 0 N–H and O–H groups in total. The summed E-state index contributed by atoms with van der Waals surface area (Å²) < 4.78 is 14.8. The molecule has 0 aliphatic carbocycles. The van der Waals surface area contributed by atoms with Gasteiger partial charge in [0, 0.05) is 0 Å². The van der Waals surface area contributed by atoms with Gasteiger partial charge in [0.25, 0.3) is 0 Å². The first-order valence-electron chi connectivity index (χ1n) is 5.54. The Kier molecular flexibility index (Phi) is 13.7. The monoisotopic (exact) mass is 276 g/mol. The van der Waals surface area contributed by atoms with Crippen LogP contribution in [0, 0.1) is 0 Å². The quantitative estimate of drug-likeness (QED) is 0.310. The molecule has 0 aliphatic rings. The third-order valence-electron chi connectivity index (χ3n) is 1.20. The van der Waals surface area contributed by atoms with Crippen molar-refractivity contribution in [3.63, 3.8) is 0 Å². The molecule has 0 bridgehead atoms. The molecule has 7 heteroatoms. The summed E-state index contributed by atoms with van der Waals surface area (Å²) in [6, 6.07) is 0. The standard InChI is InChI=1S/3C3H8O2.V/c3*1-2-3-5-4;/h3*4H,2-3H2,1H3;/q;;;+3/p-3. The predicted octanol–water partition coefficient (Wildman–Crippen LogP) is 2.42. The van der Waals surface area contributed by atoms with E-state index < -0.39 is 16.2 Å². The van der Waals surface area contributed by atoms with E-state index in [0.29, 0.717) is 19.8 Å². The summed E-state index contributed by atoms with van der Waals surface area (Å²) in [6.45, 7) is 7.38. The Morgan fingerprint density at radius 3 is 1.19 bits per heavy atom. The molecule has 0 aromatic rings. The van der Waals surface area contributed by atoms with Gasteiger partial charge in [0.15, 0.2) is 0 Å². The summed E-state index contributed by atoms with van der Waals surface area (Å²) in [5.41, 5.74) is 0. The van der Waals surface area contributed by atoms with E-state index in [0.717, 1.165) is 19.3 Å². The summed E-state index contributed by atoms with van der Waals surface area (Å²) in [4.78, 5) is 14.6. The molecule has 0 radical (unpaired) electrons. The predicted molar refractivity (Wildman–Crippen MR) is 52.0 cm³/mol. The van der Waals surface area contributed by atoms with Crippen LogP contribution in [0.4, 0.5) is 0 Å². The van der Waals surface area contributed by atoms with E-state index in [-0.39, 0.29) is 0 Å². The summed E-state index contributed by atoms with van der Waals surface area (Å²) in [7, 11) is 0. The van der Waals surface area contributed by atoms with Gasteiger partial charge < -0.3 is 0 Å². The fourth-order valence-corrected chi connectivity index (χ4v) is 1.40. The summed E-state index contributed by atoms with van der Waals surface area (Å²) in [5, 5.41) is 0. The molecule has 0 saturated heterocycles. The van der Waals surface area contributed by atoms with Crippen LogP contribution in [0.2, 0.25) is 0 Å². The first kappa shape index (κ1) is 16.3. The van der Waals surface area contributed by atoms with Gasteiger partial charge in [-0.2, -0.15) is 0 Å². The Bertz CT molecular complexity index is 113. The molecular formula is C9H21O6V. The van der Waals surface area contributed by atoms with E-state index in [1.54, 1.807) is 0 Å². The van der Waals surface area contributed by atoms with Crippen molar-refractivity contribution in [2.75, 3.05) is 19.8 Å². The normalized spacial score (nSPS) is 11.2. The van der Waals surface area contributed by atoms with Crippen molar-refractivity contribution in [3.8, 4) is 0 Å². The van der Waals surface area contributed by atoms with E-state index in [2.05, 4.69) is 0 Å². The number of hydrogen-bond donors (Lipinski definition) is 0. The van der Waals surface area contributed by atoms with Crippen molar-refractivity contribution in [3.05, 3.63) is 0 Å². The average molecular weight is 276 g/mol. The van der Waals surface area contributed by atoms with E-state index in [4.69, 9.17) is 26.1 Å². The van der Waals surface area contributed by atoms with Crippen molar-refractivity contribution >= 4 is 0 Å². The van der Waals surface area contributed by atoms with Crippen LogP contribution in [-0.2, 0) is 42.3 Å². The third kappa shape index (κ3) is 10.8. The van der Waals surface area contributed by atoms with Gasteiger partial charge in [0.1, 0.15) is 0 Å². The molecule has 6 nitrogen and oxygen atoms in total. The minimum absolute atomic E-state index is 0.486. The molecule has 0 rings (SSSR count). The number of rotatable bonds is 12. The molecule has 0 aliphatic heterocycles. The summed E-state index contributed by atoms with van der Waals surface area (Å²) in [6.07, 6.45) is 2.57. The maximum absolute atomic E-state index is 4.93. The average Bonchev–Trinajstić information content (AvgIpc) is 2.29. The molecule has 0 amide bonds. The topological polar surface area (TPSA) is 55.4 Å². The molecule has 0 atom stereocenters. The second-order valence-corrected chi connectivity index (χ2v) is 4.31. The molecule has 0 saturated carbocycles. The maximum atomic E-state index is 4.93. The van der Waals surface area contributed by atoms with Crippen LogP contribution >= 0.6 is 0 Å². The van der Waals surface area contributed by atoms with E-state index in [1.807, 2.05) is 20.8 Å². The molecule has 0 unspecified atom stereocenters. The van der Waals surface area contributed by atoms with E-state index >= 15 is 0 Å². The van der Waals surface area contributed by atoms with Crippen molar-refractivity contribution in [2.45, 2.75) is 40.0 Å². The van der Waals surface area contributed by atoms with Crippen molar-refractivity contribution < 1.29 is 42.3 Å². The molecule has 0 aromatic carbocycles. The van der Waals surface area contributed by atoms with Crippen LogP contribution in [0.25, 0.3) is 0 Å². The van der Waals surface area contributed by atoms with E-state index in [1.165, 1.54) is 0 Å². The van der Waals surface area contributed by atoms with Crippen LogP contribution in [0.5, 0.6) is 0 Å². The third-order valence-corrected chi connectivity index (χ3v) is 2.27. The van der Waals surface area contributed by atoms with Gasteiger partial charge in [0.2, 0.25) is 0 Å². The van der Waals surface area contributed by atoms with Gasteiger partial charge in [-0.3, -0.25) is 0 Å². The zero-order valence-electron chi connectivity index (χ0n) is 10.1. The minimum atomic E-state index is -2.56. The second kappa shape index (κ2) is 13.4. The van der Waals surface area contributed by atoms with Crippen LogP contribution < -0.4 is 0 Å². The first-order valence-corrected chi connectivity index (χ1v) is 7.25. The van der Waals surface area contributed by atoms with Gasteiger partial charge in [0.05, 0.1) is 0 Å². The molecule has 0 aromatic heterocycles. The Morgan fingerprint density at radius 1 is 0.625 bits per heavy atom. The van der Waals surface area contributed by atoms with Crippen LogP contribution in [0.1, 0.15) is 40.0 Å². The zero-order valence-corrected chi connectivity index (χ0v) is 11.5. The van der Waals surface area contributed by atoms with Crippen LogP contribution in [-0.4, -0.2) is 19.8 Å². The molecule has 98 valence electrons. The Labute approximate surface area is 103 Å². The van der Waals surface area contributed by atoms with Crippen LogP contribution in [0.3, 0.4) is 0 Å². The van der Waals surface area contributed by atoms with Gasteiger partial charge in [-0.05, 0) is 0 Å². The molecule has 0 heterocycles. The zero-order chi connectivity index (χ0) is 12.1. The fourth-order valence-electron chi connectivity index (χ4n) is 0.528. The Morgan fingerprint density at radius 2 is 0.938 bits per heavy atom.